The quantitative estimate of drug-likeness (QED) is 0.897. The molecule has 0 saturated heterocycles. The highest BCUT2D eigenvalue weighted by atomic mass is 32.1. The van der Waals surface area contributed by atoms with Crippen molar-refractivity contribution in [2.45, 2.75) is 39.8 Å². The zero-order chi connectivity index (χ0) is 16.5. The van der Waals surface area contributed by atoms with Crippen LogP contribution < -0.4 is 5.32 Å². The number of aromatic nitrogens is 3. The van der Waals surface area contributed by atoms with Gasteiger partial charge in [-0.3, -0.25) is 9.48 Å². The van der Waals surface area contributed by atoms with Crippen molar-refractivity contribution in [2.24, 2.45) is 0 Å². The summed E-state index contributed by atoms with van der Waals surface area (Å²) < 4.78 is 1.80. The van der Waals surface area contributed by atoms with Crippen LogP contribution in [0.15, 0.2) is 11.4 Å². The Balaban J connectivity index is 2.05. The number of carbonyl (C=O) groups is 2. The summed E-state index contributed by atoms with van der Waals surface area (Å²) >= 11 is 1.20. The lowest BCUT2D eigenvalue weighted by atomic mass is 10.1. The minimum absolute atomic E-state index is 0.0119. The van der Waals surface area contributed by atoms with Crippen LogP contribution in [0.1, 0.15) is 52.4 Å². The maximum absolute atomic E-state index is 12.1. The van der Waals surface area contributed by atoms with Gasteiger partial charge in [0.2, 0.25) is 0 Å². The maximum atomic E-state index is 12.1. The van der Waals surface area contributed by atoms with Crippen LogP contribution in [0.5, 0.6) is 0 Å². The number of amides is 1. The Morgan fingerprint density at radius 1 is 1.36 bits per heavy atom. The van der Waals surface area contributed by atoms with Gasteiger partial charge in [-0.25, -0.2) is 9.78 Å². The number of rotatable bonds is 4. The minimum Gasteiger partial charge on any atom is -0.476 e. The molecule has 2 heterocycles. The third-order valence-corrected chi connectivity index (χ3v) is 3.78. The van der Waals surface area contributed by atoms with E-state index in [2.05, 4.69) is 15.4 Å². The molecule has 0 fully saturated rings. The SMILES string of the molecule is Cc1cc(C(=O)NCc2nc(C(=O)O)cs2)nn1C(C)(C)C. The highest BCUT2D eigenvalue weighted by Gasteiger charge is 2.20. The Hall–Kier alpha value is -2.22. The summed E-state index contributed by atoms with van der Waals surface area (Å²) in [7, 11) is 0. The van der Waals surface area contributed by atoms with Crippen LogP contribution in [-0.4, -0.2) is 31.7 Å². The molecule has 2 aromatic heterocycles. The van der Waals surface area contributed by atoms with Gasteiger partial charge in [-0.1, -0.05) is 0 Å². The zero-order valence-corrected chi connectivity index (χ0v) is 13.7. The Labute approximate surface area is 132 Å². The average molecular weight is 322 g/mol. The Morgan fingerprint density at radius 2 is 2.05 bits per heavy atom. The number of hydrogen-bond donors (Lipinski definition) is 2. The first-order valence-electron chi connectivity index (χ1n) is 6.71. The van der Waals surface area contributed by atoms with E-state index < -0.39 is 5.97 Å². The molecule has 0 atom stereocenters. The number of thiazole rings is 1. The second-order valence-corrected chi connectivity index (χ2v) is 6.81. The first-order valence-corrected chi connectivity index (χ1v) is 7.59. The zero-order valence-electron chi connectivity index (χ0n) is 12.9. The van der Waals surface area contributed by atoms with Crippen molar-refractivity contribution in [3.63, 3.8) is 0 Å². The molecule has 22 heavy (non-hydrogen) atoms. The van der Waals surface area contributed by atoms with E-state index in [1.54, 1.807) is 10.7 Å². The van der Waals surface area contributed by atoms with Crippen molar-refractivity contribution in [1.29, 1.82) is 0 Å². The number of carboxylic acid groups (broad SMARTS) is 1. The van der Waals surface area contributed by atoms with E-state index in [0.717, 1.165) is 5.69 Å². The predicted molar refractivity (Wildman–Crippen MR) is 82.2 cm³/mol. The highest BCUT2D eigenvalue weighted by Crippen LogP contribution is 2.17. The third-order valence-electron chi connectivity index (χ3n) is 2.93. The van der Waals surface area contributed by atoms with Gasteiger partial charge in [0.25, 0.3) is 5.91 Å². The normalized spacial score (nSPS) is 11.5. The first-order chi connectivity index (χ1) is 10.2. The smallest absolute Gasteiger partial charge is 0.355 e. The molecule has 0 aliphatic carbocycles. The van der Waals surface area contributed by atoms with E-state index in [9.17, 15) is 9.59 Å². The van der Waals surface area contributed by atoms with Crippen molar-refractivity contribution in [2.75, 3.05) is 0 Å². The van der Waals surface area contributed by atoms with Gasteiger partial charge < -0.3 is 10.4 Å². The van der Waals surface area contributed by atoms with Crippen LogP contribution >= 0.6 is 11.3 Å². The van der Waals surface area contributed by atoms with Gasteiger partial charge in [-0.15, -0.1) is 11.3 Å². The van der Waals surface area contributed by atoms with Gasteiger partial charge in [0.15, 0.2) is 5.69 Å². The largest absolute Gasteiger partial charge is 0.476 e. The summed E-state index contributed by atoms with van der Waals surface area (Å²) in [5, 5.41) is 17.8. The van der Waals surface area contributed by atoms with Crippen molar-refractivity contribution in [3.05, 3.63) is 33.5 Å². The molecule has 1 amide bonds. The predicted octanol–water partition coefficient (Wildman–Crippen LogP) is 2.03. The van der Waals surface area contributed by atoms with Gasteiger partial charge in [0.1, 0.15) is 10.7 Å². The number of nitrogens with zero attached hydrogens (tertiary/aromatic N) is 3. The van der Waals surface area contributed by atoms with Crippen molar-refractivity contribution < 1.29 is 14.7 Å². The summed E-state index contributed by atoms with van der Waals surface area (Å²) in [5.74, 6) is -1.38. The minimum atomic E-state index is -1.08. The Morgan fingerprint density at radius 3 is 2.55 bits per heavy atom. The molecule has 2 N–H and O–H groups in total. The number of aryl methyl sites for hydroxylation is 1. The molecule has 118 valence electrons. The van der Waals surface area contributed by atoms with Gasteiger partial charge >= 0.3 is 5.97 Å². The van der Waals surface area contributed by atoms with Crippen molar-refractivity contribution in [1.82, 2.24) is 20.1 Å². The molecular weight excluding hydrogens is 304 g/mol. The van der Waals surface area contributed by atoms with Crippen LogP contribution in [0, 0.1) is 6.92 Å². The van der Waals surface area contributed by atoms with E-state index in [4.69, 9.17) is 5.11 Å². The summed E-state index contributed by atoms with van der Waals surface area (Å²) in [6, 6.07) is 1.73. The molecule has 0 aromatic carbocycles. The molecule has 8 heteroatoms. The van der Waals surface area contributed by atoms with E-state index in [0.29, 0.717) is 10.7 Å². The maximum Gasteiger partial charge on any atom is 0.355 e. The fraction of sp³-hybridized carbons (Fsp3) is 0.429. The van der Waals surface area contributed by atoms with E-state index in [1.807, 2.05) is 27.7 Å². The van der Waals surface area contributed by atoms with Gasteiger partial charge in [0, 0.05) is 11.1 Å². The molecule has 0 bridgehead atoms. The van der Waals surface area contributed by atoms with Crippen LogP contribution in [0.2, 0.25) is 0 Å². The molecule has 0 unspecified atom stereocenters. The lowest BCUT2D eigenvalue weighted by Crippen LogP contribution is -2.27. The fourth-order valence-corrected chi connectivity index (χ4v) is 2.71. The fourth-order valence-electron chi connectivity index (χ4n) is 2.00. The topological polar surface area (TPSA) is 97.1 Å². The molecule has 0 spiro atoms. The third kappa shape index (κ3) is 3.51. The van der Waals surface area contributed by atoms with Crippen molar-refractivity contribution >= 4 is 23.2 Å². The van der Waals surface area contributed by atoms with Crippen LogP contribution in [-0.2, 0) is 12.1 Å². The number of hydrogen-bond acceptors (Lipinski definition) is 5. The van der Waals surface area contributed by atoms with Gasteiger partial charge in [0.05, 0.1) is 12.1 Å². The van der Waals surface area contributed by atoms with E-state index in [1.165, 1.54) is 16.7 Å². The van der Waals surface area contributed by atoms with E-state index in [-0.39, 0.29) is 23.7 Å². The molecule has 0 aliphatic rings. The number of carboxylic acids is 1. The standard InChI is InChI=1S/C14H18N4O3S/c1-8-5-9(17-18(8)14(2,3)4)12(19)15-6-11-16-10(7-22-11)13(20)21/h5,7H,6H2,1-4H3,(H,15,19)(H,20,21). The molecule has 0 saturated carbocycles. The van der Waals surface area contributed by atoms with Crippen LogP contribution in [0.4, 0.5) is 0 Å². The second kappa shape index (κ2) is 5.88. The molecule has 2 rings (SSSR count). The average Bonchev–Trinajstić information content (AvgIpc) is 3.01. The summed E-state index contributed by atoms with van der Waals surface area (Å²) in [6.07, 6.45) is 0. The van der Waals surface area contributed by atoms with Crippen LogP contribution in [0.25, 0.3) is 0 Å². The van der Waals surface area contributed by atoms with Gasteiger partial charge in [-0.2, -0.15) is 5.10 Å². The Bertz CT molecular complexity index is 712. The lowest BCUT2D eigenvalue weighted by Gasteiger charge is -2.21. The van der Waals surface area contributed by atoms with E-state index >= 15 is 0 Å². The number of carbonyl (C=O) groups excluding carboxylic acids is 1. The summed E-state index contributed by atoms with van der Waals surface area (Å²) in [6.45, 7) is 8.11. The first kappa shape index (κ1) is 16.2. The molecule has 0 radical (unpaired) electrons. The van der Waals surface area contributed by atoms with Crippen LogP contribution in [0.3, 0.4) is 0 Å². The Kier molecular flexibility index (Phi) is 4.32. The molecule has 0 aliphatic heterocycles. The molecule has 7 nitrogen and oxygen atoms in total. The second-order valence-electron chi connectivity index (χ2n) is 5.87. The summed E-state index contributed by atoms with van der Waals surface area (Å²) in [4.78, 5) is 26.8. The summed E-state index contributed by atoms with van der Waals surface area (Å²) in [5.41, 5.74) is 1.03. The molecule has 2 aromatic rings. The monoisotopic (exact) mass is 322 g/mol. The number of nitrogens with one attached hydrogen (secondary N) is 1. The number of aromatic carboxylic acids is 1. The highest BCUT2D eigenvalue weighted by molar-refractivity contribution is 7.09. The van der Waals surface area contributed by atoms with Gasteiger partial charge in [-0.05, 0) is 33.8 Å². The van der Waals surface area contributed by atoms with Crippen molar-refractivity contribution in [3.8, 4) is 0 Å². The molecular formula is C14H18N4O3S. The lowest BCUT2D eigenvalue weighted by molar-refractivity contribution is 0.0691.